The molecule has 4 heteroatoms. The van der Waals surface area contributed by atoms with Gasteiger partial charge in [0.05, 0.1) is 12.3 Å². The van der Waals surface area contributed by atoms with Crippen molar-refractivity contribution in [3.05, 3.63) is 18.0 Å². The van der Waals surface area contributed by atoms with Crippen molar-refractivity contribution in [2.24, 2.45) is 7.05 Å². The van der Waals surface area contributed by atoms with E-state index in [1.165, 1.54) is 0 Å². The van der Waals surface area contributed by atoms with Gasteiger partial charge in [-0.3, -0.25) is 4.68 Å². The third kappa shape index (κ3) is 1.73. The molecule has 1 saturated carbocycles. The second kappa shape index (κ2) is 3.12. The molecule has 1 heterocycles. The highest BCUT2D eigenvalue weighted by atomic mass is 16.3. The summed E-state index contributed by atoms with van der Waals surface area (Å²) in [5, 5.41) is 16.5. The molecular formula is C9H15N3O. The molecule has 13 heavy (non-hydrogen) atoms. The maximum Gasteiger partial charge on any atom is 0.0613 e. The fourth-order valence-corrected chi connectivity index (χ4v) is 1.39. The Morgan fingerprint density at radius 2 is 2.46 bits per heavy atom. The number of nitrogens with one attached hydrogen (secondary N) is 1. The lowest BCUT2D eigenvalue weighted by atomic mass is 10.3. The zero-order valence-corrected chi connectivity index (χ0v) is 7.82. The van der Waals surface area contributed by atoms with E-state index in [2.05, 4.69) is 10.4 Å². The molecule has 0 radical (unpaired) electrons. The molecule has 0 aliphatic heterocycles. The molecule has 1 aliphatic carbocycles. The zero-order valence-electron chi connectivity index (χ0n) is 7.82. The molecule has 0 aromatic carbocycles. The van der Waals surface area contributed by atoms with Crippen LogP contribution < -0.4 is 5.32 Å². The average molecular weight is 181 g/mol. The minimum Gasteiger partial charge on any atom is -0.394 e. The molecule has 0 amide bonds. The number of aliphatic hydroxyl groups excluding tert-OH is 1. The van der Waals surface area contributed by atoms with Gasteiger partial charge in [-0.1, -0.05) is 0 Å². The summed E-state index contributed by atoms with van der Waals surface area (Å²) in [5.74, 6) is 0. The van der Waals surface area contributed by atoms with Crippen LogP contribution in [-0.4, -0.2) is 27.0 Å². The van der Waals surface area contributed by atoms with Crippen LogP contribution in [0.15, 0.2) is 12.3 Å². The molecular weight excluding hydrogens is 166 g/mol. The third-order valence-electron chi connectivity index (χ3n) is 2.72. The smallest absolute Gasteiger partial charge is 0.0613 e. The number of hydrogen-bond donors (Lipinski definition) is 2. The fourth-order valence-electron chi connectivity index (χ4n) is 1.39. The molecule has 4 nitrogen and oxygen atoms in total. The van der Waals surface area contributed by atoms with Gasteiger partial charge in [-0.25, -0.2) is 0 Å². The van der Waals surface area contributed by atoms with Crippen LogP contribution >= 0.6 is 0 Å². The quantitative estimate of drug-likeness (QED) is 0.689. The summed E-state index contributed by atoms with van der Waals surface area (Å²) in [5.41, 5.74) is 1.17. The molecule has 1 aliphatic rings. The van der Waals surface area contributed by atoms with Crippen molar-refractivity contribution in [2.75, 3.05) is 6.61 Å². The Labute approximate surface area is 77.6 Å². The van der Waals surface area contributed by atoms with Crippen molar-refractivity contribution in [1.29, 1.82) is 0 Å². The predicted molar refractivity (Wildman–Crippen MR) is 49.1 cm³/mol. The molecule has 0 saturated heterocycles. The molecule has 0 spiro atoms. The Balaban J connectivity index is 1.90. The molecule has 0 atom stereocenters. The lowest BCUT2D eigenvalue weighted by Crippen LogP contribution is -2.34. The van der Waals surface area contributed by atoms with Crippen LogP contribution in [-0.2, 0) is 13.6 Å². The average Bonchev–Trinajstić information content (AvgIpc) is 2.82. The van der Waals surface area contributed by atoms with E-state index in [-0.39, 0.29) is 12.1 Å². The summed E-state index contributed by atoms with van der Waals surface area (Å²) >= 11 is 0. The van der Waals surface area contributed by atoms with Gasteiger partial charge >= 0.3 is 0 Å². The van der Waals surface area contributed by atoms with E-state index >= 15 is 0 Å². The van der Waals surface area contributed by atoms with Crippen LogP contribution in [0.2, 0.25) is 0 Å². The van der Waals surface area contributed by atoms with Gasteiger partial charge in [0.2, 0.25) is 0 Å². The molecule has 72 valence electrons. The first kappa shape index (κ1) is 8.72. The highest BCUT2D eigenvalue weighted by molar-refractivity contribution is 5.06. The van der Waals surface area contributed by atoms with Gasteiger partial charge in [0, 0.05) is 25.3 Å². The van der Waals surface area contributed by atoms with Gasteiger partial charge in [0.15, 0.2) is 0 Å². The Kier molecular flexibility index (Phi) is 2.09. The number of nitrogens with zero attached hydrogens (tertiary/aromatic N) is 2. The summed E-state index contributed by atoms with van der Waals surface area (Å²) in [4.78, 5) is 0. The van der Waals surface area contributed by atoms with Crippen LogP contribution in [0.5, 0.6) is 0 Å². The third-order valence-corrected chi connectivity index (χ3v) is 2.72. The van der Waals surface area contributed by atoms with Gasteiger partial charge < -0.3 is 10.4 Å². The highest BCUT2D eigenvalue weighted by Crippen LogP contribution is 2.34. The van der Waals surface area contributed by atoms with Crippen molar-refractivity contribution in [2.45, 2.75) is 24.9 Å². The lowest BCUT2D eigenvalue weighted by Gasteiger charge is -2.13. The fraction of sp³-hybridized carbons (Fsp3) is 0.667. The van der Waals surface area contributed by atoms with Gasteiger partial charge in [0.1, 0.15) is 0 Å². The highest BCUT2D eigenvalue weighted by Gasteiger charge is 2.41. The maximum atomic E-state index is 9.07. The van der Waals surface area contributed by atoms with E-state index < -0.39 is 0 Å². The minimum absolute atomic E-state index is 0.0181. The van der Waals surface area contributed by atoms with Gasteiger partial charge in [0.25, 0.3) is 0 Å². The Morgan fingerprint density at radius 3 is 2.92 bits per heavy atom. The van der Waals surface area contributed by atoms with Gasteiger partial charge in [-0.15, -0.1) is 0 Å². The van der Waals surface area contributed by atoms with E-state index in [4.69, 9.17) is 5.11 Å². The zero-order chi connectivity index (χ0) is 9.31. The molecule has 0 bridgehead atoms. The Bertz CT molecular complexity index is 291. The van der Waals surface area contributed by atoms with Crippen LogP contribution in [0.1, 0.15) is 18.5 Å². The number of aliphatic hydroxyl groups is 1. The van der Waals surface area contributed by atoms with E-state index in [9.17, 15) is 0 Å². The summed E-state index contributed by atoms with van der Waals surface area (Å²) in [6.45, 7) is 1.03. The first-order chi connectivity index (χ1) is 6.26. The van der Waals surface area contributed by atoms with E-state index in [0.717, 1.165) is 25.1 Å². The molecule has 2 N–H and O–H groups in total. The molecule has 1 aromatic rings. The predicted octanol–water partition coefficient (Wildman–Crippen LogP) is 0.0346. The van der Waals surface area contributed by atoms with Crippen LogP contribution in [0.25, 0.3) is 0 Å². The summed E-state index contributed by atoms with van der Waals surface area (Å²) < 4.78 is 1.85. The second-order valence-corrected chi connectivity index (χ2v) is 3.74. The SMILES string of the molecule is Cn1nccc1CNC1(CO)CC1. The molecule has 1 fully saturated rings. The van der Waals surface area contributed by atoms with Gasteiger partial charge in [-0.2, -0.15) is 5.10 Å². The van der Waals surface area contributed by atoms with Crippen molar-refractivity contribution < 1.29 is 5.11 Å². The normalized spacial score (nSPS) is 18.9. The first-order valence-electron chi connectivity index (χ1n) is 4.59. The first-order valence-corrected chi connectivity index (χ1v) is 4.59. The lowest BCUT2D eigenvalue weighted by molar-refractivity contribution is 0.229. The van der Waals surface area contributed by atoms with Crippen molar-refractivity contribution in [3.8, 4) is 0 Å². The summed E-state index contributed by atoms with van der Waals surface area (Å²) in [6, 6.07) is 1.99. The second-order valence-electron chi connectivity index (χ2n) is 3.74. The van der Waals surface area contributed by atoms with Crippen molar-refractivity contribution in [1.82, 2.24) is 15.1 Å². The van der Waals surface area contributed by atoms with Gasteiger partial charge in [-0.05, 0) is 18.9 Å². The Morgan fingerprint density at radius 1 is 1.69 bits per heavy atom. The van der Waals surface area contributed by atoms with Crippen LogP contribution in [0, 0.1) is 0 Å². The largest absolute Gasteiger partial charge is 0.394 e. The van der Waals surface area contributed by atoms with Crippen molar-refractivity contribution >= 4 is 0 Å². The maximum absolute atomic E-state index is 9.07. The molecule has 0 unspecified atom stereocenters. The molecule has 1 aromatic heterocycles. The van der Waals surface area contributed by atoms with Crippen LogP contribution in [0.4, 0.5) is 0 Å². The molecule has 2 rings (SSSR count). The standard InChI is InChI=1S/C9H15N3O/c1-12-8(2-5-11-12)6-10-9(7-13)3-4-9/h2,5,10,13H,3-4,6-7H2,1H3. The van der Waals surface area contributed by atoms with Crippen molar-refractivity contribution in [3.63, 3.8) is 0 Å². The Hall–Kier alpha value is -0.870. The summed E-state index contributed by atoms with van der Waals surface area (Å²) in [7, 11) is 1.93. The number of aromatic nitrogens is 2. The topological polar surface area (TPSA) is 50.1 Å². The van der Waals surface area contributed by atoms with E-state index in [1.54, 1.807) is 6.20 Å². The number of rotatable bonds is 4. The minimum atomic E-state index is 0.0181. The monoisotopic (exact) mass is 181 g/mol. The number of hydrogen-bond acceptors (Lipinski definition) is 3. The van der Waals surface area contributed by atoms with E-state index in [0.29, 0.717) is 0 Å². The summed E-state index contributed by atoms with van der Waals surface area (Å²) in [6.07, 6.45) is 3.96. The number of aryl methyl sites for hydroxylation is 1. The van der Waals surface area contributed by atoms with Crippen LogP contribution in [0.3, 0.4) is 0 Å². The van der Waals surface area contributed by atoms with E-state index in [1.807, 2.05) is 17.8 Å².